The molecule has 2 aromatic carbocycles. The molecule has 0 aliphatic rings. The van der Waals surface area contributed by atoms with Crippen LogP contribution in [0.3, 0.4) is 0 Å². The van der Waals surface area contributed by atoms with Gasteiger partial charge in [0.2, 0.25) is 5.75 Å². The number of carboxylic acid groups (broad SMARTS) is 1. The molecule has 1 heterocycles. The summed E-state index contributed by atoms with van der Waals surface area (Å²) in [5.41, 5.74) is -0.678. The fourth-order valence-electron chi connectivity index (χ4n) is 2.97. The minimum atomic E-state index is -1.30. The molecular formula is C20H18N2O7. The number of ketones is 1. The van der Waals surface area contributed by atoms with E-state index in [1.54, 1.807) is 12.1 Å². The predicted molar refractivity (Wildman–Crippen MR) is 103 cm³/mol. The molecule has 0 saturated carbocycles. The van der Waals surface area contributed by atoms with Crippen molar-refractivity contribution in [3.63, 3.8) is 0 Å². The van der Waals surface area contributed by atoms with Gasteiger partial charge in [0.1, 0.15) is 6.54 Å². The molecule has 9 nitrogen and oxygen atoms in total. The van der Waals surface area contributed by atoms with E-state index < -0.39 is 23.9 Å². The molecule has 1 N–H and O–H groups in total. The number of Topliss-reactive ketones (excluding diaryl/α,β-unsaturated/α-hetero) is 1. The van der Waals surface area contributed by atoms with Crippen LogP contribution in [-0.4, -0.2) is 48.0 Å². The first kappa shape index (κ1) is 19.9. The first-order valence-corrected chi connectivity index (χ1v) is 8.47. The van der Waals surface area contributed by atoms with Crippen LogP contribution in [0.1, 0.15) is 20.8 Å². The van der Waals surface area contributed by atoms with Gasteiger partial charge in [0.05, 0.1) is 26.7 Å². The molecule has 3 aromatic rings. The van der Waals surface area contributed by atoms with Crippen molar-refractivity contribution in [3.05, 3.63) is 58.0 Å². The molecule has 1 aromatic heterocycles. The summed E-state index contributed by atoms with van der Waals surface area (Å²) < 4.78 is 16.5. The number of carbonyl (C=O) groups excluding carboxylic acids is 1. The Bertz CT molecular complexity index is 1140. The summed E-state index contributed by atoms with van der Waals surface area (Å²) in [5.74, 6) is -0.901. The number of aromatic nitrogens is 2. The lowest BCUT2D eigenvalue weighted by atomic mass is 10.1. The van der Waals surface area contributed by atoms with E-state index in [1.165, 1.54) is 45.6 Å². The van der Waals surface area contributed by atoms with Gasteiger partial charge in [-0.2, -0.15) is 5.10 Å². The van der Waals surface area contributed by atoms with Crippen LogP contribution in [0.2, 0.25) is 0 Å². The largest absolute Gasteiger partial charge is 0.493 e. The number of methoxy groups -OCH3 is 3. The monoisotopic (exact) mass is 398 g/mol. The maximum atomic E-state index is 12.8. The number of carbonyl (C=O) groups is 2. The Morgan fingerprint density at radius 3 is 2.10 bits per heavy atom. The van der Waals surface area contributed by atoms with Gasteiger partial charge in [-0.1, -0.05) is 18.2 Å². The quantitative estimate of drug-likeness (QED) is 0.601. The van der Waals surface area contributed by atoms with Crippen LogP contribution >= 0.6 is 0 Å². The van der Waals surface area contributed by atoms with E-state index in [2.05, 4.69) is 5.10 Å². The molecule has 150 valence electrons. The average Bonchev–Trinajstić information content (AvgIpc) is 2.74. The van der Waals surface area contributed by atoms with Gasteiger partial charge in [-0.25, -0.2) is 9.48 Å². The highest BCUT2D eigenvalue weighted by atomic mass is 16.5. The third-order valence-corrected chi connectivity index (χ3v) is 4.35. The highest BCUT2D eigenvalue weighted by Crippen LogP contribution is 2.38. The van der Waals surface area contributed by atoms with Gasteiger partial charge >= 0.3 is 5.97 Å². The van der Waals surface area contributed by atoms with Gasteiger partial charge in [-0.15, -0.1) is 0 Å². The standard InChI is InChI=1S/C20H18N2O7/c1-27-15-8-11(9-16(28-2)18(15)29-3)14(23)10-22-19(24)13-7-5-4-6-12(13)17(21-22)20(25)26/h4-9H,10H2,1-3H3,(H,25,26). The zero-order valence-electron chi connectivity index (χ0n) is 16.0. The molecule has 3 rings (SSSR count). The number of aromatic carboxylic acids is 1. The lowest BCUT2D eigenvalue weighted by molar-refractivity contribution is 0.0688. The number of fused-ring (bicyclic) bond motifs is 1. The molecule has 0 bridgehead atoms. The molecule has 0 aliphatic carbocycles. The molecule has 0 saturated heterocycles. The summed E-state index contributed by atoms with van der Waals surface area (Å²) >= 11 is 0. The summed E-state index contributed by atoms with van der Waals surface area (Å²) in [4.78, 5) is 37.1. The van der Waals surface area contributed by atoms with Crippen molar-refractivity contribution in [2.75, 3.05) is 21.3 Å². The summed E-state index contributed by atoms with van der Waals surface area (Å²) in [7, 11) is 4.27. The number of nitrogens with zero attached hydrogens (tertiary/aromatic N) is 2. The van der Waals surface area contributed by atoms with Gasteiger partial charge in [0, 0.05) is 10.9 Å². The van der Waals surface area contributed by atoms with E-state index in [4.69, 9.17) is 14.2 Å². The van der Waals surface area contributed by atoms with Crippen LogP contribution < -0.4 is 19.8 Å². The Morgan fingerprint density at radius 1 is 1.00 bits per heavy atom. The molecule has 0 spiro atoms. The molecule has 0 fully saturated rings. The zero-order valence-corrected chi connectivity index (χ0v) is 16.0. The second-order valence-corrected chi connectivity index (χ2v) is 6.00. The highest BCUT2D eigenvalue weighted by molar-refractivity contribution is 6.01. The van der Waals surface area contributed by atoms with Crippen LogP contribution in [0.4, 0.5) is 0 Å². The average molecular weight is 398 g/mol. The molecule has 0 unspecified atom stereocenters. The van der Waals surface area contributed by atoms with Crippen LogP contribution in [0.5, 0.6) is 17.2 Å². The fourth-order valence-corrected chi connectivity index (χ4v) is 2.97. The molecule has 0 amide bonds. The van der Waals surface area contributed by atoms with E-state index in [1.807, 2.05) is 0 Å². The third-order valence-electron chi connectivity index (χ3n) is 4.35. The summed E-state index contributed by atoms with van der Waals surface area (Å²) in [5, 5.41) is 13.7. The molecule has 29 heavy (non-hydrogen) atoms. The van der Waals surface area contributed by atoms with Gasteiger partial charge in [-0.3, -0.25) is 9.59 Å². The summed E-state index contributed by atoms with van der Waals surface area (Å²) in [6, 6.07) is 9.12. The number of carboxylic acids is 1. The Morgan fingerprint density at radius 2 is 1.59 bits per heavy atom. The highest BCUT2D eigenvalue weighted by Gasteiger charge is 2.20. The Kier molecular flexibility index (Phi) is 5.49. The summed E-state index contributed by atoms with van der Waals surface area (Å²) in [6.45, 7) is -0.456. The minimum Gasteiger partial charge on any atom is -0.493 e. The van der Waals surface area contributed by atoms with Crippen LogP contribution in [0.25, 0.3) is 10.8 Å². The summed E-state index contributed by atoms with van der Waals surface area (Å²) in [6.07, 6.45) is 0. The van der Waals surface area contributed by atoms with Crippen molar-refractivity contribution in [2.24, 2.45) is 0 Å². The lowest BCUT2D eigenvalue weighted by Crippen LogP contribution is -2.29. The number of ether oxygens (including phenoxy) is 3. The number of rotatable bonds is 7. The van der Waals surface area contributed by atoms with E-state index in [0.717, 1.165) is 4.68 Å². The maximum Gasteiger partial charge on any atom is 0.357 e. The normalized spacial score (nSPS) is 10.6. The Labute approximate surface area is 165 Å². The minimum absolute atomic E-state index is 0.164. The number of hydrogen-bond acceptors (Lipinski definition) is 7. The van der Waals surface area contributed by atoms with E-state index in [0.29, 0.717) is 5.75 Å². The van der Waals surface area contributed by atoms with Crippen molar-refractivity contribution in [1.82, 2.24) is 9.78 Å². The van der Waals surface area contributed by atoms with E-state index in [9.17, 15) is 19.5 Å². The molecule has 0 atom stereocenters. The zero-order chi connectivity index (χ0) is 21.1. The second kappa shape index (κ2) is 8.01. The molecule has 0 aliphatic heterocycles. The van der Waals surface area contributed by atoms with Crippen LogP contribution in [-0.2, 0) is 6.54 Å². The smallest absolute Gasteiger partial charge is 0.357 e. The predicted octanol–water partition coefficient (Wildman–Crippen LogP) is 2.00. The van der Waals surface area contributed by atoms with Gasteiger partial charge in [0.15, 0.2) is 23.0 Å². The fraction of sp³-hybridized carbons (Fsp3) is 0.200. The number of benzene rings is 2. The first-order valence-electron chi connectivity index (χ1n) is 8.47. The van der Waals surface area contributed by atoms with E-state index in [-0.39, 0.29) is 33.5 Å². The Balaban J connectivity index is 2.08. The van der Waals surface area contributed by atoms with Gasteiger partial charge < -0.3 is 19.3 Å². The van der Waals surface area contributed by atoms with Crippen molar-refractivity contribution < 1.29 is 28.9 Å². The van der Waals surface area contributed by atoms with Crippen molar-refractivity contribution in [3.8, 4) is 17.2 Å². The van der Waals surface area contributed by atoms with Crippen molar-refractivity contribution >= 4 is 22.5 Å². The lowest BCUT2D eigenvalue weighted by Gasteiger charge is -2.14. The number of hydrogen-bond donors (Lipinski definition) is 1. The van der Waals surface area contributed by atoms with Crippen LogP contribution in [0, 0.1) is 0 Å². The Hall–Kier alpha value is -3.88. The third kappa shape index (κ3) is 3.62. The van der Waals surface area contributed by atoms with E-state index >= 15 is 0 Å². The SMILES string of the molecule is COc1cc(C(=O)Cn2nc(C(=O)O)c3ccccc3c2=O)cc(OC)c1OC. The first-order chi connectivity index (χ1) is 13.9. The second-order valence-electron chi connectivity index (χ2n) is 6.00. The van der Waals surface area contributed by atoms with Crippen molar-refractivity contribution in [2.45, 2.75) is 6.54 Å². The molecule has 0 radical (unpaired) electrons. The van der Waals surface area contributed by atoms with Gasteiger partial charge in [0.25, 0.3) is 5.56 Å². The maximum absolute atomic E-state index is 12.8. The molecular weight excluding hydrogens is 380 g/mol. The van der Waals surface area contributed by atoms with Crippen LogP contribution in [0.15, 0.2) is 41.2 Å². The molecule has 9 heteroatoms. The van der Waals surface area contributed by atoms with Gasteiger partial charge in [-0.05, 0) is 18.2 Å². The van der Waals surface area contributed by atoms with Crippen molar-refractivity contribution in [1.29, 1.82) is 0 Å². The topological polar surface area (TPSA) is 117 Å².